The average molecular weight is 432 g/mol. The van der Waals surface area contributed by atoms with Gasteiger partial charge in [-0.2, -0.15) is 0 Å². The van der Waals surface area contributed by atoms with E-state index in [1.807, 2.05) is 112 Å². The number of hydrogen-bond acceptors (Lipinski definition) is 6. The van der Waals surface area contributed by atoms with E-state index in [1.54, 1.807) is 6.07 Å². The molecular weight excluding hydrogens is 402 g/mol. The summed E-state index contributed by atoms with van der Waals surface area (Å²) < 4.78 is 6.16. The second-order valence-electron chi connectivity index (χ2n) is 8.73. The van der Waals surface area contributed by atoms with Gasteiger partial charge >= 0.3 is 5.97 Å². The molecule has 0 fully saturated rings. The minimum atomic E-state index is -1.24. The van der Waals surface area contributed by atoms with E-state index in [2.05, 4.69) is 0 Å². The zero-order valence-corrected chi connectivity index (χ0v) is 19.4. The highest BCUT2D eigenvalue weighted by Gasteiger charge is 2.50. The Morgan fingerprint density at radius 3 is 1.72 bits per heavy atom. The lowest BCUT2D eigenvalue weighted by molar-refractivity contribution is 0.0245. The summed E-state index contributed by atoms with van der Waals surface area (Å²) in [5.74, 6) is -0.332. The second kappa shape index (κ2) is 7.79. The van der Waals surface area contributed by atoms with Crippen molar-refractivity contribution in [2.75, 3.05) is 57.0 Å². The first-order valence-corrected chi connectivity index (χ1v) is 10.5. The van der Waals surface area contributed by atoms with E-state index in [0.29, 0.717) is 11.1 Å². The van der Waals surface area contributed by atoms with Crippen molar-refractivity contribution in [3.63, 3.8) is 0 Å². The number of carbonyl (C=O) groups excluding carboxylic acids is 1. The van der Waals surface area contributed by atoms with Crippen LogP contribution in [0.5, 0.6) is 5.75 Å². The maximum atomic E-state index is 13.1. The van der Waals surface area contributed by atoms with Gasteiger partial charge in [0.15, 0.2) is 5.60 Å². The molecule has 3 aromatic carbocycles. The SMILES string of the molecule is CN(C)c1ccc(C2(c3ccc(N(C)C)cc3O)OC(=O)c3cc(N(C)C)ccc32)cc1. The van der Waals surface area contributed by atoms with Gasteiger partial charge in [0, 0.05) is 82.1 Å². The molecule has 1 heterocycles. The summed E-state index contributed by atoms with van der Waals surface area (Å²) in [6, 6.07) is 19.1. The van der Waals surface area contributed by atoms with Gasteiger partial charge < -0.3 is 24.5 Å². The number of anilines is 3. The summed E-state index contributed by atoms with van der Waals surface area (Å²) in [5.41, 5.74) is 4.09. The lowest BCUT2D eigenvalue weighted by atomic mass is 9.79. The molecule has 0 amide bonds. The van der Waals surface area contributed by atoms with Crippen LogP contribution in [0, 0.1) is 0 Å². The molecule has 0 radical (unpaired) electrons. The molecule has 1 aliphatic heterocycles. The predicted octanol–water partition coefficient (Wildman–Crippen LogP) is 4.05. The molecule has 0 saturated carbocycles. The van der Waals surface area contributed by atoms with Crippen LogP contribution in [0.25, 0.3) is 0 Å². The first-order valence-electron chi connectivity index (χ1n) is 10.5. The Hall–Kier alpha value is -3.67. The van der Waals surface area contributed by atoms with Gasteiger partial charge in [0.2, 0.25) is 0 Å². The van der Waals surface area contributed by atoms with Crippen molar-refractivity contribution in [3.05, 3.63) is 82.9 Å². The highest BCUT2D eigenvalue weighted by Crippen LogP contribution is 2.50. The Morgan fingerprint density at radius 2 is 1.19 bits per heavy atom. The van der Waals surface area contributed by atoms with E-state index in [9.17, 15) is 9.90 Å². The molecule has 6 heteroatoms. The summed E-state index contributed by atoms with van der Waals surface area (Å²) in [5, 5.41) is 11.1. The van der Waals surface area contributed by atoms with Crippen molar-refractivity contribution in [1.82, 2.24) is 0 Å². The number of cyclic esters (lactones) is 1. The Morgan fingerprint density at radius 1 is 0.688 bits per heavy atom. The fourth-order valence-electron chi connectivity index (χ4n) is 4.20. The standard InChI is InChI=1S/C26H29N3O3/c1-27(2)18-9-7-17(8-10-18)26(23-14-12-20(29(5)6)16-24(23)30)22-13-11-19(28(3)4)15-21(22)25(31)32-26/h7-16,30H,1-6H3. The minimum Gasteiger partial charge on any atom is -0.507 e. The van der Waals surface area contributed by atoms with Crippen molar-refractivity contribution in [3.8, 4) is 5.75 Å². The molecule has 32 heavy (non-hydrogen) atoms. The molecule has 1 aliphatic rings. The van der Waals surface area contributed by atoms with Crippen molar-refractivity contribution in [2.24, 2.45) is 0 Å². The zero-order chi connectivity index (χ0) is 23.2. The van der Waals surface area contributed by atoms with Gasteiger partial charge in [-0.15, -0.1) is 0 Å². The number of carbonyl (C=O) groups is 1. The van der Waals surface area contributed by atoms with Crippen LogP contribution < -0.4 is 14.7 Å². The lowest BCUT2D eigenvalue weighted by Gasteiger charge is -2.32. The van der Waals surface area contributed by atoms with Gasteiger partial charge in [-0.3, -0.25) is 0 Å². The quantitative estimate of drug-likeness (QED) is 0.615. The molecule has 4 rings (SSSR count). The molecule has 0 bridgehead atoms. The predicted molar refractivity (Wildman–Crippen MR) is 129 cm³/mol. The molecule has 0 saturated heterocycles. The maximum absolute atomic E-state index is 13.1. The van der Waals surface area contributed by atoms with Crippen LogP contribution >= 0.6 is 0 Å². The van der Waals surface area contributed by atoms with Crippen LogP contribution in [0.2, 0.25) is 0 Å². The number of rotatable bonds is 5. The van der Waals surface area contributed by atoms with Crippen LogP contribution in [0.1, 0.15) is 27.0 Å². The number of phenols is 1. The summed E-state index contributed by atoms with van der Waals surface area (Å²) in [7, 11) is 11.6. The number of esters is 1. The molecule has 1 atom stereocenters. The van der Waals surface area contributed by atoms with E-state index in [1.165, 1.54) is 0 Å². The second-order valence-corrected chi connectivity index (χ2v) is 8.73. The summed E-state index contributed by atoms with van der Waals surface area (Å²) >= 11 is 0. The van der Waals surface area contributed by atoms with E-state index in [0.717, 1.165) is 28.2 Å². The van der Waals surface area contributed by atoms with E-state index < -0.39 is 11.6 Å². The first-order chi connectivity index (χ1) is 15.1. The van der Waals surface area contributed by atoms with Gasteiger partial charge in [0.25, 0.3) is 0 Å². The number of phenolic OH excluding ortho intramolecular Hbond substituents is 1. The van der Waals surface area contributed by atoms with E-state index in [-0.39, 0.29) is 5.75 Å². The highest BCUT2D eigenvalue weighted by atomic mass is 16.6. The fourth-order valence-corrected chi connectivity index (χ4v) is 4.20. The summed E-state index contributed by atoms with van der Waals surface area (Å²) in [4.78, 5) is 19.0. The summed E-state index contributed by atoms with van der Waals surface area (Å²) in [6.45, 7) is 0. The van der Waals surface area contributed by atoms with Gasteiger partial charge in [-0.1, -0.05) is 18.2 Å². The van der Waals surface area contributed by atoms with Crippen molar-refractivity contribution in [1.29, 1.82) is 0 Å². The van der Waals surface area contributed by atoms with Crippen molar-refractivity contribution < 1.29 is 14.6 Å². The minimum absolute atomic E-state index is 0.0743. The third-order valence-corrected chi connectivity index (χ3v) is 6.03. The highest BCUT2D eigenvalue weighted by molar-refractivity contribution is 5.97. The van der Waals surface area contributed by atoms with Gasteiger partial charge in [0.05, 0.1) is 5.56 Å². The molecule has 0 spiro atoms. The molecule has 0 aliphatic carbocycles. The van der Waals surface area contributed by atoms with Gasteiger partial charge in [0.1, 0.15) is 5.75 Å². The Balaban J connectivity index is 1.99. The first kappa shape index (κ1) is 21.6. The van der Waals surface area contributed by atoms with Crippen molar-refractivity contribution in [2.45, 2.75) is 5.60 Å². The van der Waals surface area contributed by atoms with E-state index in [4.69, 9.17) is 4.74 Å². The number of nitrogens with zero attached hydrogens (tertiary/aromatic N) is 3. The van der Waals surface area contributed by atoms with Crippen LogP contribution in [0.15, 0.2) is 60.7 Å². The van der Waals surface area contributed by atoms with E-state index >= 15 is 0 Å². The topological polar surface area (TPSA) is 56.2 Å². The Bertz CT molecular complexity index is 1170. The van der Waals surface area contributed by atoms with Crippen LogP contribution in [-0.2, 0) is 10.3 Å². The lowest BCUT2D eigenvalue weighted by Crippen LogP contribution is -2.30. The normalized spacial score (nSPS) is 17.0. The Labute approximate surface area is 189 Å². The zero-order valence-electron chi connectivity index (χ0n) is 19.4. The number of benzene rings is 3. The van der Waals surface area contributed by atoms with Gasteiger partial charge in [-0.25, -0.2) is 4.79 Å². The maximum Gasteiger partial charge on any atom is 0.340 e. The fraction of sp³-hybridized carbons (Fsp3) is 0.269. The molecule has 6 nitrogen and oxygen atoms in total. The average Bonchev–Trinajstić information content (AvgIpc) is 3.06. The monoisotopic (exact) mass is 431 g/mol. The molecule has 1 unspecified atom stereocenters. The number of aromatic hydroxyl groups is 1. The molecule has 3 aromatic rings. The van der Waals surface area contributed by atoms with Crippen LogP contribution in [-0.4, -0.2) is 53.4 Å². The largest absolute Gasteiger partial charge is 0.507 e. The molecule has 1 N–H and O–H groups in total. The van der Waals surface area contributed by atoms with Crippen LogP contribution in [0.3, 0.4) is 0 Å². The smallest absolute Gasteiger partial charge is 0.340 e. The third-order valence-electron chi connectivity index (χ3n) is 6.03. The number of ether oxygens (including phenoxy) is 1. The van der Waals surface area contributed by atoms with Crippen molar-refractivity contribution >= 4 is 23.0 Å². The Kier molecular flexibility index (Phi) is 5.25. The molecule has 166 valence electrons. The third kappa shape index (κ3) is 3.32. The summed E-state index contributed by atoms with van der Waals surface area (Å²) in [6.07, 6.45) is 0. The molecule has 0 aromatic heterocycles. The number of hydrogen-bond donors (Lipinski definition) is 1. The number of fused-ring (bicyclic) bond motifs is 1. The van der Waals surface area contributed by atoms with Gasteiger partial charge in [-0.05, 0) is 36.4 Å². The van der Waals surface area contributed by atoms with Crippen LogP contribution in [0.4, 0.5) is 17.1 Å². The molecular formula is C26H29N3O3.